The molecule has 0 atom stereocenters. The molecular weight excluding hydrogens is 270 g/mol. The minimum Gasteiger partial charge on any atom is -0.399 e. The SMILES string of the molecule is Nc1cccc(Cn2cncc(Br)c2=O)c1. The molecule has 0 amide bonds. The molecule has 0 unspecified atom stereocenters. The van der Waals surface area contributed by atoms with Crippen molar-refractivity contribution in [2.75, 3.05) is 5.73 Å². The van der Waals surface area contributed by atoms with Crippen LogP contribution in [0.25, 0.3) is 0 Å². The van der Waals surface area contributed by atoms with E-state index in [0.29, 0.717) is 16.7 Å². The van der Waals surface area contributed by atoms with Gasteiger partial charge in [-0.3, -0.25) is 9.36 Å². The summed E-state index contributed by atoms with van der Waals surface area (Å²) in [5.74, 6) is 0. The van der Waals surface area contributed by atoms with E-state index in [9.17, 15) is 4.79 Å². The first kappa shape index (κ1) is 10.9. The number of rotatable bonds is 2. The van der Waals surface area contributed by atoms with E-state index in [4.69, 9.17) is 5.73 Å². The molecule has 0 aliphatic carbocycles. The average molecular weight is 280 g/mol. The van der Waals surface area contributed by atoms with Gasteiger partial charge in [-0.1, -0.05) is 12.1 Å². The molecule has 0 fully saturated rings. The fourth-order valence-corrected chi connectivity index (χ4v) is 1.77. The minimum absolute atomic E-state index is 0.0996. The van der Waals surface area contributed by atoms with Gasteiger partial charge in [0.05, 0.1) is 12.9 Å². The molecule has 1 aromatic carbocycles. The lowest BCUT2D eigenvalue weighted by atomic mass is 10.2. The summed E-state index contributed by atoms with van der Waals surface area (Å²) >= 11 is 3.15. The van der Waals surface area contributed by atoms with Crippen LogP contribution in [-0.4, -0.2) is 9.55 Å². The number of hydrogen-bond acceptors (Lipinski definition) is 3. The summed E-state index contributed by atoms with van der Waals surface area (Å²) in [6.07, 6.45) is 2.99. The first-order valence-electron chi connectivity index (χ1n) is 4.71. The molecule has 16 heavy (non-hydrogen) atoms. The van der Waals surface area contributed by atoms with E-state index < -0.39 is 0 Å². The molecule has 2 aromatic rings. The molecule has 0 saturated heterocycles. The summed E-state index contributed by atoms with van der Waals surface area (Å²) in [5, 5.41) is 0. The molecule has 5 heteroatoms. The Hall–Kier alpha value is -1.62. The van der Waals surface area contributed by atoms with Crippen molar-refractivity contribution in [2.24, 2.45) is 0 Å². The Balaban J connectivity index is 2.34. The van der Waals surface area contributed by atoms with Crippen LogP contribution < -0.4 is 11.3 Å². The highest BCUT2D eigenvalue weighted by atomic mass is 79.9. The van der Waals surface area contributed by atoms with Crippen LogP contribution >= 0.6 is 15.9 Å². The fraction of sp³-hybridized carbons (Fsp3) is 0.0909. The Kier molecular flexibility index (Phi) is 3.05. The Morgan fingerprint density at radius 3 is 3.00 bits per heavy atom. The van der Waals surface area contributed by atoms with Crippen LogP contribution in [0.4, 0.5) is 5.69 Å². The number of aromatic nitrogens is 2. The average Bonchev–Trinajstić information content (AvgIpc) is 2.25. The van der Waals surface area contributed by atoms with Crippen molar-refractivity contribution >= 4 is 21.6 Å². The molecule has 82 valence electrons. The van der Waals surface area contributed by atoms with Gasteiger partial charge in [0.2, 0.25) is 0 Å². The summed E-state index contributed by atoms with van der Waals surface area (Å²) in [4.78, 5) is 15.7. The van der Waals surface area contributed by atoms with Gasteiger partial charge in [0.1, 0.15) is 4.47 Å². The monoisotopic (exact) mass is 279 g/mol. The maximum atomic E-state index is 11.7. The topological polar surface area (TPSA) is 60.9 Å². The first-order chi connectivity index (χ1) is 7.66. The molecule has 0 radical (unpaired) electrons. The summed E-state index contributed by atoms with van der Waals surface area (Å²) in [6.45, 7) is 0.469. The highest BCUT2D eigenvalue weighted by molar-refractivity contribution is 9.10. The highest BCUT2D eigenvalue weighted by Crippen LogP contribution is 2.08. The second-order valence-corrected chi connectivity index (χ2v) is 4.27. The van der Waals surface area contributed by atoms with E-state index in [1.165, 1.54) is 17.1 Å². The molecule has 2 rings (SSSR count). The fourth-order valence-electron chi connectivity index (χ4n) is 1.42. The van der Waals surface area contributed by atoms with E-state index in [0.717, 1.165) is 5.56 Å². The zero-order valence-electron chi connectivity index (χ0n) is 8.43. The number of anilines is 1. The maximum absolute atomic E-state index is 11.7. The third-order valence-electron chi connectivity index (χ3n) is 2.16. The summed E-state index contributed by atoms with van der Waals surface area (Å²) in [6, 6.07) is 7.43. The Morgan fingerprint density at radius 1 is 1.44 bits per heavy atom. The number of nitrogen functional groups attached to an aromatic ring is 1. The van der Waals surface area contributed by atoms with E-state index in [1.807, 2.05) is 24.3 Å². The van der Waals surface area contributed by atoms with Crippen molar-refractivity contribution in [1.29, 1.82) is 0 Å². The number of halogens is 1. The van der Waals surface area contributed by atoms with Gasteiger partial charge < -0.3 is 5.73 Å². The number of nitrogens with two attached hydrogens (primary N) is 1. The summed E-state index contributed by atoms with van der Waals surface area (Å²) < 4.78 is 1.98. The van der Waals surface area contributed by atoms with Crippen LogP contribution in [0.5, 0.6) is 0 Å². The first-order valence-corrected chi connectivity index (χ1v) is 5.50. The largest absolute Gasteiger partial charge is 0.399 e. The quantitative estimate of drug-likeness (QED) is 0.851. The van der Waals surface area contributed by atoms with Gasteiger partial charge in [-0.25, -0.2) is 4.98 Å². The lowest BCUT2D eigenvalue weighted by Gasteiger charge is -2.05. The Labute approximate surface area is 101 Å². The van der Waals surface area contributed by atoms with E-state index >= 15 is 0 Å². The normalized spacial score (nSPS) is 10.3. The van der Waals surface area contributed by atoms with Crippen molar-refractivity contribution < 1.29 is 0 Å². The van der Waals surface area contributed by atoms with Crippen LogP contribution in [0.1, 0.15) is 5.56 Å². The van der Waals surface area contributed by atoms with Crippen molar-refractivity contribution in [1.82, 2.24) is 9.55 Å². The van der Waals surface area contributed by atoms with E-state index in [1.54, 1.807) is 0 Å². The second-order valence-electron chi connectivity index (χ2n) is 3.42. The van der Waals surface area contributed by atoms with Crippen molar-refractivity contribution in [3.8, 4) is 0 Å². The zero-order chi connectivity index (χ0) is 11.5. The van der Waals surface area contributed by atoms with Gasteiger partial charge in [-0.2, -0.15) is 0 Å². The minimum atomic E-state index is -0.0996. The smallest absolute Gasteiger partial charge is 0.267 e. The summed E-state index contributed by atoms with van der Waals surface area (Å²) in [7, 11) is 0. The van der Waals surface area contributed by atoms with Crippen molar-refractivity contribution in [3.63, 3.8) is 0 Å². The molecule has 0 aliphatic heterocycles. The molecule has 2 N–H and O–H groups in total. The van der Waals surface area contributed by atoms with Crippen molar-refractivity contribution in [3.05, 3.63) is 57.2 Å². The second kappa shape index (κ2) is 4.49. The van der Waals surface area contributed by atoms with Gasteiger partial charge in [0, 0.05) is 11.9 Å². The van der Waals surface area contributed by atoms with Crippen LogP contribution in [0.15, 0.2) is 46.1 Å². The Bertz CT molecular complexity index is 565. The molecule has 1 heterocycles. The predicted octanol–water partition coefficient (Wildman–Crippen LogP) is 1.64. The zero-order valence-corrected chi connectivity index (χ0v) is 10.0. The molecule has 0 spiro atoms. The van der Waals surface area contributed by atoms with Gasteiger partial charge in [0.15, 0.2) is 0 Å². The third kappa shape index (κ3) is 2.30. The van der Waals surface area contributed by atoms with Gasteiger partial charge in [-0.15, -0.1) is 0 Å². The van der Waals surface area contributed by atoms with Crippen LogP contribution in [-0.2, 0) is 6.54 Å². The van der Waals surface area contributed by atoms with Gasteiger partial charge in [-0.05, 0) is 33.6 Å². The van der Waals surface area contributed by atoms with Gasteiger partial charge in [0.25, 0.3) is 5.56 Å². The lowest BCUT2D eigenvalue weighted by Crippen LogP contribution is -2.21. The predicted molar refractivity (Wildman–Crippen MR) is 66.2 cm³/mol. The molecular formula is C11H10BrN3O. The highest BCUT2D eigenvalue weighted by Gasteiger charge is 2.01. The van der Waals surface area contributed by atoms with Crippen LogP contribution in [0, 0.1) is 0 Å². The molecule has 0 saturated carbocycles. The number of nitrogens with zero attached hydrogens (tertiary/aromatic N) is 2. The summed E-state index contributed by atoms with van der Waals surface area (Å²) in [5.41, 5.74) is 7.23. The lowest BCUT2D eigenvalue weighted by molar-refractivity contribution is 0.731. The third-order valence-corrected chi connectivity index (χ3v) is 2.71. The molecule has 4 nitrogen and oxygen atoms in total. The number of hydrogen-bond donors (Lipinski definition) is 1. The van der Waals surface area contributed by atoms with E-state index in [-0.39, 0.29) is 5.56 Å². The van der Waals surface area contributed by atoms with Crippen LogP contribution in [0.2, 0.25) is 0 Å². The van der Waals surface area contributed by atoms with E-state index in [2.05, 4.69) is 20.9 Å². The maximum Gasteiger partial charge on any atom is 0.267 e. The van der Waals surface area contributed by atoms with Gasteiger partial charge >= 0.3 is 0 Å². The molecule has 0 aliphatic rings. The Morgan fingerprint density at radius 2 is 2.25 bits per heavy atom. The number of benzene rings is 1. The molecule has 1 aromatic heterocycles. The molecule has 0 bridgehead atoms. The van der Waals surface area contributed by atoms with Crippen molar-refractivity contribution in [2.45, 2.75) is 6.54 Å². The van der Waals surface area contributed by atoms with Crippen LogP contribution in [0.3, 0.4) is 0 Å². The standard InChI is InChI=1S/C11H10BrN3O/c12-10-5-14-7-15(11(10)16)6-8-2-1-3-9(13)4-8/h1-5,7H,6,13H2.